The molecular weight excluding hydrogens is 697 g/mol. The Morgan fingerprint density at radius 2 is 1.36 bits per heavy atom. The first-order chi connectivity index (χ1) is 27.3. The number of carbonyl (C=O) groups excluding carboxylic acids is 2. The number of piperidine rings is 1. The van der Waals surface area contributed by atoms with Crippen LogP contribution in [0.15, 0.2) is 97.1 Å². The van der Waals surface area contributed by atoms with E-state index < -0.39 is 0 Å². The lowest BCUT2D eigenvalue weighted by Crippen LogP contribution is -2.47. The van der Waals surface area contributed by atoms with Gasteiger partial charge >= 0.3 is 0 Å². The number of Topliss-reactive ketones (excluding diaryl/α,β-unsaturated/α-hetero) is 1. The summed E-state index contributed by atoms with van der Waals surface area (Å²) in [6.07, 6.45) is 7.50. The molecule has 2 saturated heterocycles. The number of carbonyl (C=O) groups is 2. The molecule has 3 aliphatic heterocycles. The summed E-state index contributed by atoms with van der Waals surface area (Å²) in [5, 5.41) is 20.2. The smallest absolute Gasteiger partial charge is 0.255 e. The van der Waals surface area contributed by atoms with Gasteiger partial charge in [-0.2, -0.15) is 0 Å². The molecule has 0 bridgehead atoms. The van der Waals surface area contributed by atoms with Gasteiger partial charge in [-0.25, -0.2) is 0 Å². The Labute approximate surface area is 331 Å². The number of aromatic hydroxyl groups is 2. The average molecular weight is 751 g/mol. The fraction of sp³-hybridized carbons (Fsp3) is 0.417. The van der Waals surface area contributed by atoms with Crippen LogP contribution in [-0.4, -0.2) is 83.6 Å². The normalized spacial score (nSPS) is 23.4. The second-order valence-electron chi connectivity index (χ2n) is 17.0. The molecule has 3 fully saturated rings. The highest BCUT2D eigenvalue weighted by molar-refractivity contribution is 6.02. The summed E-state index contributed by atoms with van der Waals surface area (Å²) < 4.78 is 0. The van der Waals surface area contributed by atoms with E-state index in [1.54, 1.807) is 17.0 Å². The van der Waals surface area contributed by atoms with Crippen LogP contribution in [-0.2, 0) is 17.8 Å². The van der Waals surface area contributed by atoms with Crippen LogP contribution in [0.2, 0.25) is 0 Å². The van der Waals surface area contributed by atoms with Gasteiger partial charge in [-0.1, -0.05) is 42.5 Å². The SMILES string of the molecule is C=C1CCC(N2Cc3cc(N4CCN(CCC5CCN(c6ccc([C@H]7c8ccc(O)cc8CC[C@H]7c7ccc(O)cc7)cc6)CC5)CC4)ccc3C2=O)C(=O)C1. The number of fused-ring (bicyclic) bond motifs is 2. The van der Waals surface area contributed by atoms with E-state index in [1.807, 2.05) is 18.2 Å². The van der Waals surface area contributed by atoms with Crippen LogP contribution in [0.25, 0.3) is 0 Å². The number of anilines is 2. The Morgan fingerprint density at radius 1 is 0.661 bits per heavy atom. The van der Waals surface area contributed by atoms with Gasteiger partial charge < -0.3 is 24.9 Å². The number of hydrogen-bond acceptors (Lipinski definition) is 7. The average Bonchev–Trinajstić information content (AvgIpc) is 3.55. The number of benzene rings is 4. The second kappa shape index (κ2) is 15.5. The van der Waals surface area contributed by atoms with Crippen molar-refractivity contribution in [3.63, 3.8) is 0 Å². The number of phenolic OH excluding ortho intramolecular Hbond substituents is 2. The van der Waals surface area contributed by atoms with Crippen molar-refractivity contribution < 1.29 is 19.8 Å². The first-order valence-corrected chi connectivity index (χ1v) is 20.8. The van der Waals surface area contributed by atoms with Gasteiger partial charge in [0.25, 0.3) is 5.91 Å². The number of aryl methyl sites for hydroxylation is 1. The molecule has 8 nitrogen and oxygen atoms in total. The number of rotatable bonds is 8. The summed E-state index contributed by atoms with van der Waals surface area (Å²) in [6.45, 7) is 11.9. The van der Waals surface area contributed by atoms with Crippen molar-refractivity contribution in [3.8, 4) is 11.5 Å². The summed E-state index contributed by atoms with van der Waals surface area (Å²) in [4.78, 5) is 35.4. The molecule has 4 aromatic rings. The molecule has 1 unspecified atom stereocenters. The molecule has 290 valence electrons. The fourth-order valence-electron chi connectivity index (χ4n) is 10.3. The zero-order valence-electron chi connectivity index (χ0n) is 32.4. The zero-order chi connectivity index (χ0) is 38.3. The topological polar surface area (TPSA) is 87.6 Å². The van der Waals surface area contributed by atoms with Crippen molar-refractivity contribution >= 4 is 23.1 Å². The van der Waals surface area contributed by atoms with E-state index in [0.29, 0.717) is 36.8 Å². The van der Waals surface area contributed by atoms with Crippen LogP contribution in [0.4, 0.5) is 11.4 Å². The molecule has 8 heteroatoms. The van der Waals surface area contributed by atoms with Gasteiger partial charge in [-0.15, -0.1) is 0 Å². The van der Waals surface area contributed by atoms with Crippen LogP contribution in [0.1, 0.15) is 95.0 Å². The predicted octanol–water partition coefficient (Wildman–Crippen LogP) is 8.02. The number of amides is 1. The highest BCUT2D eigenvalue weighted by Crippen LogP contribution is 2.47. The number of piperazine rings is 1. The number of hydrogen-bond donors (Lipinski definition) is 2. The maximum absolute atomic E-state index is 13.2. The van der Waals surface area contributed by atoms with Crippen LogP contribution in [0, 0.1) is 5.92 Å². The van der Waals surface area contributed by atoms with E-state index in [-0.39, 0.29) is 23.7 Å². The molecule has 4 aromatic carbocycles. The minimum absolute atomic E-state index is 0.00358. The molecule has 0 spiro atoms. The van der Waals surface area contributed by atoms with Gasteiger partial charge in [0.05, 0.1) is 6.04 Å². The Balaban J connectivity index is 0.759. The lowest BCUT2D eigenvalue weighted by atomic mass is 9.69. The van der Waals surface area contributed by atoms with Crippen molar-refractivity contribution in [2.24, 2.45) is 5.92 Å². The molecule has 1 saturated carbocycles. The quantitative estimate of drug-likeness (QED) is 0.177. The molecule has 0 aromatic heterocycles. The molecule has 3 atom stereocenters. The van der Waals surface area contributed by atoms with Gasteiger partial charge in [0.15, 0.2) is 5.78 Å². The van der Waals surface area contributed by atoms with E-state index >= 15 is 0 Å². The highest BCUT2D eigenvalue weighted by atomic mass is 16.3. The van der Waals surface area contributed by atoms with Gasteiger partial charge in [0, 0.05) is 75.1 Å². The largest absolute Gasteiger partial charge is 0.508 e. The fourth-order valence-corrected chi connectivity index (χ4v) is 10.3. The second-order valence-corrected chi connectivity index (χ2v) is 17.0. The van der Waals surface area contributed by atoms with Crippen molar-refractivity contribution in [1.82, 2.24) is 9.80 Å². The molecule has 2 N–H and O–H groups in total. The van der Waals surface area contributed by atoms with Gasteiger partial charge in [-0.3, -0.25) is 14.5 Å². The van der Waals surface area contributed by atoms with Crippen molar-refractivity contribution in [1.29, 1.82) is 0 Å². The minimum atomic E-state index is -0.318. The Bertz CT molecular complexity index is 2100. The first kappa shape index (κ1) is 36.6. The third-order valence-electron chi connectivity index (χ3n) is 13.6. The Hall–Kier alpha value is -5.08. The lowest BCUT2D eigenvalue weighted by molar-refractivity contribution is -0.124. The standard InChI is InChI=1S/C48H54N4O4/c1-32-2-17-45(46(55)28-32)52-31-37-29-39(10-15-44(37)48(52)56)51-26-24-49(25-27-51)21-18-33-19-22-50(23-20-33)38-8-3-35(4-9-38)47-42(34-5-11-40(53)12-6-34)14-7-36-30-41(54)13-16-43(36)47/h3-6,8-13,15-16,29-30,33,42,45,47,53-54H,1-2,7,14,17-28,31H2/t42-,45?,47+/m0/s1. The van der Waals surface area contributed by atoms with Crippen LogP contribution < -0.4 is 9.80 Å². The monoisotopic (exact) mass is 750 g/mol. The molecule has 9 rings (SSSR count). The predicted molar refractivity (Wildman–Crippen MR) is 222 cm³/mol. The summed E-state index contributed by atoms with van der Waals surface area (Å²) in [5.41, 5.74) is 10.3. The molecule has 0 radical (unpaired) electrons. The van der Waals surface area contributed by atoms with E-state index in [0.717, 1.165) is 87.7 Å². The van der Waals surface area contributed by atoms with Gasteiger partial charge in [0.1, 0.15) is 11.5 Å². The van der Waals surface area contributed by atoms with Crippen LogP contribution >= 0.6 is 0 Å². The van der Waals surface area contributed by atoms with E-state index in [1.165, 1.54) is 52.9 Å². The highest BCUT2D eigenvalue weighted by Gasteiger charge is 2.38. The maximum atomic E-state index is 13.2. The lowest BCUT2D eigenvalue weighted by Gasteiger charge is -2.38. The number of nitrogens with zero attached hydrogens (tertiary/aromatic N) is 4. The van der Waals surface area contributed by atoms with Crippen molar-refractivity contribution in [2.75, 3.05) is 55.6 Å². The van der Waals surface area contributed by atoms with E-state index in [2.05, 4.69) is 75.9 Å². The first-order valence-electron chi connectivity index (χ1n) is 20.8. The van der Waals surface area contributed by atoms with Gasteiger partial charge in [0.2, 0.25) is 0 Å². The maximum Gasteiger partial charge on any atom is 0.255 e. The Kier molecular flexibility index (Phi) is 10.1. The van der Waals surface area contributed by atoms with Gasteiger partial charge in [-0.05, 0) is 146 Å². The zero-order valence-corrected chi connectivity index (χ0v) is 32.4. The minimum Gasteiger partial charge on any atom is -0.508 e. The molecule has 3 heterocycles. The number of ketones is 1. The number of phenols is 2. The molecule has 1 amide bonds. The van der Waals surface area contributed by atoms with E-state index in [4.69, 9.17) is 0 Å². The van der Waals surface area contributed by atoms with Crippen molar-refractivity contribution in [3.05, 3.63) is 130 Å². The van der Waals surface area contributed by atoms with Crippen LogP contribution in [0.5, 0.6) is 11.5 Å². The summed E-state index contributed by atoms with van der Waals surface area (Å²) >= 11 is 0. The Morgan fingerprint density at radius 3 is 2.11 bits per heavy atom. The number of allylic oxidation sites excluding steroid dienone is 1. The molecule has 5 aliphatic rings. The molecular formula is C48H54N4O4. The van der Waals surface area contributed by atoms with Crippen LogP contribution in [0.3, 0.4) is 0 Å². The summed E-state index contributed by atoms with van der Waals surface area (Å²) in [5.74, 6) is 1.98. The van der Waals surface area contributed by atoms with E-state index in [9.17, 15) is 19.8 Å². The molecule has 56 heavy (non-hydrogen) atoms. The molecule has 2 aliphatic carbocycles. The van der Waals surface area contributed by atoms with Crippen molar-refractivity contribution in [2.45, 2.75) is 75.8 Å². The summed E-state index contributed by atoms with van der Waals surface area (Å²) in [7, 11) is 0. The third kappa shape index (κ3) is 7.32. The summed E-state index contributed by atoms with van der Waals surface area (Å²) in [6, 6.07) is 28.8. The third-order valence-corrected chi connectivity index (χ3v) is 13.6.